The fraction of sp³-hybridized carbons (Fsp3) is 0.467. The molecule has 1 aliphatic carbocycles. The molecule has 1 saturated carbocycles. The lowest BCUT2D eigenvalue weighted by Crippen LogP contribution is -2.52. The second kappa shape index (κ2) is 6.21. The van der Waals surface area contributed by atoms with E-state index in [4.69, 9.17) is 0 Å². The van der Waals surface area contributed by atoms with Crippen molar-refractivity contribution in [2.24, 2.45) is 5.92 Å². The number of nitrogens with zero attached hydrogens (tertiary/aromatic N) is 2. The Hall–Kier alpha value is -1.31. The molecule has 5 nitrogen and oxygen atoms in total. The van der Waals surface area contributed by atoms with E-state index in [1.54, 1.807) is 4.90 Å². The summed E-state index contributed by atoms with van der Waals surface area (Å²) in [4.78, 5) is 27.9. The molecular formula is C15H18IN3O2. The summed E-state index contributed by atoms with van der Waals surface area (Å²) in [5, 5.41) is 2.91. The fourth-order valence-electron chi connectivity index (χ4n) is 2.49. The van der Waals surface area contributed by atoms with E-state index in [1.165, 1.54) is 0 Å². The Morgan fingerprint density at radius 3 is 2.38 bits per heavy atom. The average Bonchev–Trinajstić information content (AvgIpc) is 3.31. The van der Waals surface area contributed by atoms with Gasteiger partial charge in [0.2, 0.25) is 5.91 Å². The van der Waals surface area contributed by atoms with Crippen LogP contribution in [0.3, 0.4) is 0 Å². The monoisotopic (exact) mass is 399 g/mol. The van der Waals surface area contributed by atoms with Crippen LogP contribution in [0.25, 0.3) is 0 Å². The number of hydrogen-bond acceptors (Lipinski definition) is 2. The Morgan fingerprint density at radius 1 is 1.10 bits per heavy atom. The van der Waals surface area contributed by atoms with E-state index in [9.17, 15) is 9.59 Å². The molecule has 1 aliphatic heterocycles. The smallest absolute Gasteiger partial charge is 0.321 e. The Labute approximate surface area is 137 Å². The van der Waals surface area contributed by atoms with Crippen LogP contribution >= 0.6 is 22.6 Å². The predicted molar refractivity (Wildman–Crippen MR) is 89.1 cm³/mol. The van der Waals surface area contributed by atoms with E-state index < -0.39 is 0 Å². The second-order valence-electron chi connectivity index (χ2n) is 5.53. The van der Waals surface area contributed by atoms with Gasteiger partial charge in [-0.05, 0) is 53.6 Å². The first-order chi connectivity index (χ1) is 10.1. The molecule has 6 heteroatoms. The van der Waals surface area contributed by atoms with Gasteiger partial charge in [0.25, 0.3) is 0 Å². The number of carbonyl (C=O) groups excluding carboxylic acids is 2. The Morgan fingerprint density at radius 2 is 1.76 bits per heavy atom. The molecule has 1 aromatic rings. The molecule has 1 saturated heterocycles. The number of rotatable bonds is 2. The summed E-state index contributed by atoms with van der Waals surface area (Å²) in [6.45, 7) is 2.51. The quantitative estimate of drug-likeness (QED) is 0.777. The first-order valence-corrected chi connectivity index (χ1v) is 8.31. The van der Waals surface area contributed by atoms with Crippen LogP contribution < -0.4 is 5.32 Å². The third-order valence-corrected chi connectivity index (χ3v) is 4.55. The number of urea groups is 1. The van der Waals surface area contributed by atoms with Crippen LogP contribution in [-0.2, 0) is 4.79 Å². The van der Waals surface area contributed by atoms with Gasteiger partial charge in [0, 0.05) is 41.4 Å². The van der Waals surface area contributed by atoms with Crippen molar-refractivity contribution in [1.29, 1.82) is 0 Å². The number of piperazine rings is 1. The van der Waals surface area contributed by atoms with Crippen LogP contribution in [0.5, 0.6) is 0 Å². The van der Waals surface area contributed by atoms with Crippen molar-refractivity contribution >= 4 is 40.2 Å². The molecule has 0 bridgehead atoms. The molecule has 0 radical (unpaired) electrons. The first kappa shape index (κ1) is 14.6. The van der Waals surface area contributed by atoms with Gasteiger partial charge in [-0.2, -0.15) is 0 Å². The maximum absolute atomic E-state index is 12.2. The molecule has 1 heterocycles. The maximum atomic E-state index is 12.2. The summed E-state index contributed by atoms with van der Waals surface area (Å²) >= 11 is 2.22. The topological polar surface area (TPSA) is 52.7 Å². The van der Waals surface area contributed by atoms with Crippen molar-refractivity contribution in [1.82, 2.24) is 9.80 Å². The van der Waals surface area contributed by atoms with Crippen LogP contribution in [0.1, 0.15) is 12.8 Å². The highest BCUT2D eigenvalue weighted by atomic mass is 127. The summed E-state index contributed by atoms with van der Waals surface area (Å²) in [6.07, 6.45) is 2.07. The van der Waals surface area contributed by atoms with Crippen molar-refractivity contribution in [3.8, 4) is 0 Å². The molecule has 0 unspecified atom stereocenters. The van der Waals surface area contributed by atoms with E-state index in [0.717, 1.165) is 22.1 Å². The lowest BCUT2D eigenvalue weighted by atomic mass is 10.2. The highest BCUT2D eigenvalue weighted by Gasteiger charge is 2.35. The van der Waals surface area contributed by atoms with Gasteiger partial charge in [-0.15, -0.1) is 0 Å². The largest absolute Gasteiger partial charge is 0.339 e. The van der Waals surface area contributed by atoms with Gasteiger partial charge in [-0.1, -0.05) is 6.07 Å². The minimum atomic E-state index is -0.0875. The van der Waals surface area contributed by atoms with Gasteiger partial charge in [-0.25, -0.2) is 4.79 Å². The second-order valence-corrected chi connectivity index (χ2v) is 6.77. The SMILES string of the molecule is O=C(Nc1cccc(I)c1)N1CCN(C(=O)C2CC2)CC1. The van der Waals surface area contributed by atoms with E-state index in [-0.39, 0.29) is 17.9 Å². The molecule has 3 rings (SSSR count). The number of halogens is 1. The Bertz CT molecular complexity index is 552. The molecule has 1 N–H and O–H groups in total. The molecule has 1 aromatic carbocycles. The zero-order valence-electron chi connectivity index (χ0n) is 11.7. The highest BCUT2D eigenvalue weighted by Crippen LogP contribution is 2.31. The minimum Gasteiger partial charge on any atom is -0.339 e. The summed E-state index contributed by atoms with van der Waals surface area (Å²) in [6, 6.07) is 7.64. The van der Waals surface area contributed by atoms with Crippen LogP contribution in [-0.4, -0.2) is 47.9 Å². The minimum absolute atomic E-state index is 0.0875. The molecule has 2 aliphatic rings. The van der Waals surface area contributed by atoms with Gasteiger partial charge >= 0.3 is 6.03 Å². The van der Waals surface area contributed by atoms with Gasteiger partial charge < -0.3 is 15.1 Å². The van der Waals surface area contributed by atoms with Crippen molar-refractivity contribution in [3.05, 3.63) is 27.8 Å². The van der Waals surface area contributed by atoms with E-state index in [0.29, 0.717) is 26.2 Å². The number of anilines is 1. The number of carbonyl (C=O) groups is 2. The van der Waals surface area contributed by atoms with Crippen molar-refractivity contribution in [3.63, 3.8) is 0 Å². The average molecular weight is 399 g/mol. The molecule has 3 amide bonds. The van der Waals surface area contributed by atoms with E-state index in [1.807, 2.05) is 29.2 Å². The fourth-order valence-corrected chi connectivity index (χ4v) is 3.03. The van der Waals surface area contributed by atoms with Crippen molar-refractivity contribution in [2.45, 2.75) is 12.8 Å². The molecule has 0 aromatic heterocycles. The van der Waals surface area contributed by atoms with Crippen LogP contribution in [0, 0.1) is 9.49 Å². The summed E-state index contributed by atoms with van der Waals surface area (Å²) in [5.74, 6) is 0.532. The molecule has 112 valence electrons. The van der Waals surface area contributed by atoms with Gasteiger partial charge in [-0.3, -0.25) is 4.79 Å². The number of hydrogen-bond donors (Lipinski definition) is 1. The zero-order chi connectivity index (χ0) is 14.8. The third-order valence-electron chi connectivity index (χ3n) is 3.88. The maximum Gasteiger partial charge on any atom is 0.321 e. The normalized spacial score (nSPS) is 18.5. The standard InChI is InChI=1S/C15H18IN3O2/c16-12-2-1-3-13(10-12)17-15(21)19-8-6-18(7-9-19)14(20)11-4-5-11/h1-3,10-11H,4-9H2,(H,17,21). The molecule has 2 fully saturated rings. The molecule has 0 spiro atoms. The number of benzene rings is 1. The van der Waals surface area contributed by atoms with Gasteiger partial charge in [0.05, 0.1) is 0 Å². The van der Waals surface area contributed by atoms with E-state index in [2.05, 4.69) is 27.9 Å². The van der Waals surface area contributed by atoms with Gasteiger partial charge in [0.15, 0.2) is 0 Å². The lowest BCUT2D eigenvalue weighted by Gasteiger charge is -2.34. The number of nitrogens with one attached hydrogen (secondary N) is 1. The van der Waals surface area contributed by atoms with Crippen LogP contribution in [0.2, 0.25) is 0 Å². The van der Waals surface area contributed by atoms with Crippen LogP contribution in [0.4, 0.5) is 10.5 Å². The third kappa shape index (κ3) is 3.66. The van der Waals surface area contributed by atoms with Gasteiger partial charge in [0.1, 0.15) is 0 Å². The van der Waals surface area contributed by atoms with Crippen LogP contribution in [0.15, 0.2) is 24.3 Å². The number of amides is 3. The van der Waals surface area contributed by atoms with Crippen molar-refractivity contribution < 1.29 is 9.59 Å². The lowest BCUT2D eigenvalue weighted by molar-refractivity contribution is -0.133. The Balaban J connectivity index is 1.51. The predicted octanol–water partition coefficient (Wildman–Crippen LogP) is 2.38. The van der Waals surface area contributed by atoms with E-state index >= 15 is 0 Å². The Kier molecular flexibility index (Phi) is 4.32. The molecule has 0 atom stereocenters. The van der Waals surface area contributed by atoms with Crippen molar-refractivity contribution in [2.75, 3.05) is 31.5 Å². The highest BCUT2D eigenvalue weighted by molar-refractivity contribution is 14.1. The summed E-state index contributed by atoms with van der Waals surface area (Å²) in [5.41, 5.74) is 0.809. The molecule has 21 heavy (non-hydrogen) atoms. The first-order valence-electron chi connectivity index (χ1n) is 7.24. The zero-order valence-corrected chi connectivity index (χ0v) is 13.9. The summed E-state index contributed by atoms with van der Waals surface area (Å²) < 4.78 is 1.09. The summed E-state index contributed by atoms with van der Waals surface area (Å²) in [7, 11) is 0. The molecular weight excluding hydrogens is 381 g/mol.